The van der Waals surface area contributed by atoms with Gasteiger partial charge in [-0.05, 0) is 6.92 Å². The van der Waals surface area contributed by atoms with Crippen molar-refractivity contribution in [3.63, 3.8) is 0 Å². The molecule has 0 unspecified atom stereocenters. The molecule has 0 aromatic carbocycles. The van der Waals surface area contributed by atoms with Crippen LogP contribution in [0.25, 0.3) is 0 Å². The van der Waals surface area contributed by atoms with Crippen molar-refractivity contribution >= 4 is 0 Å². The molecule has 0 fully saturated rings. The number of aryl methyl sites for hydroxylation is 1. The van der Waals surface area contributed by atoms with Crippen LogP contribution >= 0.6 is 0 Å². The average Bonchev–Trinajstić information content (AvgIpc) is 2.18. The van der Waals surface area contributed by atoms with Crippen LogP contribution in [-0.4, -0.2) is 16.2 Å². The van der Waals surface area contributed by atoms with Crippen LogP contribution in [0.4, 0.5) is 0 Å². The molecule has 1 aromatic rings. The molecule has 1 heterocycles. The molecule has 0 aliphatic rings. The monoisotopic (exact) mass is 125 g/mol. The smallest absolute Gasteiger partial charge is 0.105 e. The van der Waals surface area contributed by atoms with E-state index in [2.05, 4.69) is 4.98 Å². The Morgan fingerprint density at radius 3 is 3.00 bits per heavy atom. The maximum absolute atomic E-state index is 10.1. The first-order valence-corrected chi connectivity index (χ1v) is 2.90. The molecule has 0 aliphatic carbocycles. The summed E-state index contributed by atoms with van der Waals surface area (Å²) >= 11 is 0. The molecule has 1 aromatic heterocycles. The predicted molar refractivity (Wildman–Crippen MR) is 32.5 cm³/mol. The van der Waals surface area contributed by atoms with Gasteiger partial charge in [0.2, 0.25) is 0 Å². The van der Waals surface area contributed by atoms with Gasteiger partial charge in [0.1, 0.15) is 12.4 Å². The van der Waals surface area contributed by atoms with Gasteiger partial charge in [-0.3, -0.25) is 0 Å². The van der Waals surface area contributed by atoms with Crippen molar-refractivity contribution in [2.75, 3.05) is 6.61 Å². The zero-order chi connectivity index (χ0) is 6.69. The Kier molecular flexibility index (Phi) is 1.85. The standard InChI is InChI=1S/C6H9N2O/c1-6-7-2-3-8(6)4-5-9/h2-3H,4-5H2,1H3. The van der Waals surface area contributed by atoms with Crippen molar-refractivity contribution in [2.24, 2.45) is 0 Å². The van der Waals surface area contributed by atoms with Gasteiger partial charge in [-0.15, -0.1) is 0 Å². The number of rotatable bonds is 2. The number of hydrogen-bond donors (Lipinski definition) is 0. The molecule has 3 heteroatoms. The lowest BCUT2D eigenvalue weighted by atomic mass is 10.6. The van der Waals surface area contributed by atoms with Crippen LogP contribution in [0.1, 0.15) is 5.82 Å². The minimum atomic E-state index is -0.0722. The minimum absolute atomic E-state index is 0.0722. The Bertz CT molecular complexity index is 183. The van der Waals surface area contributed by atoms with Crippen LogP contribution in [-0.2, 0) is 11.7 Å². The number of hydrogen-bond acceptors (Lipinski definition) is 1. The van der Waals surface area contributed by atoms with Gasteiger partial charge in [0.05, 0.1) is 6.54 Å². The third kappa shape index (κ3) is 1.29. The Morgan fingerprint density at radius 1 is 1.78 bits per heavy atom. The second-order valence-electron chi connectivity index (χ2n) is 1.87. The molecular formula is C6H9N2O. The topological polar surface area (TPSA) is 37.7 Å². The maximum atomic E-state index is 10.1. The molecule has 0 amide bonds. The van der Waals surface area contributed by atoms with E-state index in [-0.39, 0.29) is 6.61 Å². The molecule has 0 saturated carbocycles. The highest BCUT2D eigenvalue weighted by Crippen LogP contribution is 1.92. The maximum Gasteiger partial charge on any atom is 0.105 e. The summed E-state index contributed by atoms with van der Waals surface area (Å²) in [5.74, 6) is 0.908. The van der Waals surface area contributed by atoms with Crippen molar-refractivity contribution < 1.29 is 5.11 Å². The van der Waals surface area contributed by atoms with Crippen molar-refractivity contribution in [3.8, 4) is 0 Å². The van der Waals surface area contributed by atoms with Crippen molar-refractivity contribution in [1.82, 2.24) is 9.55 Å². The molecule has 3 nitrogen and oxygen atoms in total. The van der Waals surface area contributed by atoms with Crippen LogP contribution in [0, 0.1) is 6.92 Å². The highest BCUT2D eigenvalue weighted by atomic mass is 16.3. The van der Waals surface area contributed by atoms with Gasteiger partial charge in [0.25, 0.3) is 0 Å². The summed E-state index contributed by atoms with van der Waals surface area (Å²) in [6.45, 7) is 2.35. The van der Waals surface area contributed by atoms with Crippen molar-refractivity contribution in [2.45, 2.75) is 13.5 Å². The molecule has 49 valence electrons. The fourth-order valence-corrected chi connectivity index (χ4v) is 0.738. The van der Waals surface area contributed by atoms with E-state index in [0.717, 1.165) is 5.82 Å². The summed E-state index contributed by atoms with van der Waals surface area (Å²) in [4.78, 5) is 3.96. The van der Waals surface area contributed by atoms with E-state index in [9.17, 15) is 5.11 Å². The van der Waals surface area contributed by atoms with Gasteiger partial charge in [-0.25, -0.2) is 10.1 Å². The molecule has 0 bridgehead atoms. The van der Waals surface area contributed by atoms with Gasteiger partial charge >= 0.3 is 0 Å². The van der Waals surface area contributed by atoms with E-state index in [4.69, 9.17) is 0 Å². The van der Waals surface area contributed by atoms with Gasteiger partial charge in [0, 0.05) is 12.4 Å². The van der Waals surface area contributed by atoms with Gasteiger partial charge in [0.15, 0.2) is 0 Å². The lowest BCUT2D eigenvalue weighted by molar-refractivity contribution is 0.180. The van der Waals surface area contributed by atoms with Crippen LogP contribution in [0.2, 0.25) is 0 Å². The summed E-state index contributed by atoms with van der Waals surface area (Å²) in [6, 6.07) is 0. The summed E-state index contributed by atoms with van der Waals surface area (Å²) in [7, 11) is 0. The largest absolute Gasteiger partial charge is 0.333 e. The minimum Gasteiger partial charge on any atom is -0.333 e. The lowest BCUT2D eigenvalue weighted by Crippen LogP contribution is -2.01. The van der Waals surface area contributed by atoms with Crippen LogP contribution < -0.4 is 0 Å². The molecule has 0 N–H and O–H groups in total. The van der Waals surface area contributed by atoms with Gasteiger partial charge in [-0.1, -0.05) is 0 Å². The van der Waals surface area contributed by atoms with Crippen LogP contribution in [0.5, 0.6) is 0 Å². The third-order valence-electron chi connectivity index (χ3n) is 1.26. The first-order chi connectivity index (χ1) is 4.34. The SMILES string of the molecule is Cc1nccn1CC[O]. The van der Waals surface area contributed by atoms with Crippen LogP contribution in [0.15, 0.2) is 12.4 Å². The predicted octanol–water partition coefficient (Wildman–Crippen LogP) is 0.622. The highest BCUT2D eigenvalue weighted by molar-refractivity contribution is 4.87. The fraction of sp³-hybridized carbons (Fsp3) is 0.500. The summed E-state index contributed by atoms with van der Waals surface area (Å²) in [6.07, 6.45) is 3.51. The van der Waals surface area contributed by atoms with Gasteiger partial charge in [-0.2, -0.15) is 0 Å². The molecule has 0 aliphatic heterocycles. The van der Waals surface area contributed by atoms with E-state index in [1.165, 1.54) is 0 Å². The van der Waals surface area contributed by atoms with Crippen molar-refractivity contribution in [1.29, 1.82) is 0 Å². The molecule has 9 heavy (non-hydrogen) atoms. The number of nitrogens with zero attached hydrogens (tertiary/aromatic N) is 2. The zero-order valence-corrected chi connectivity index (χ0v) is 5.37. The Morgan fingerprint density at radius 2 is 2.56 bits per heavy atom. The highest BCUT2D eigenvalue weighted by Gasteiger charge is 1.92. The van der Waals surface area contributed by atoms with Crippen molar-refractivity contribution in [3.05, 3.63) is 18.2 Å². The summed E-state index contributed by atoms with van der Waals surface area (Å²) in [5, 5.41) is 10.1. The first kappa shape index (κ1) is 6.29. The number of imidazole rings is 1. The van der Waals surface area contributed by atoms with Crippen LogP contribution in [0.3, 0.4) is 0 Å². The normalized spacial score (nSPS) is 10.0. The van der Waals surface area contributed by atoms with E-state index in [1.54, 1.807) is 6.20 Å². The Labute approximate surface area is 54.0 Å². The summed E-state index contributed by atoms with van der Waals surface area (Å²) in [5.41, 5.74) is 0. The molecular weight excluding hydrogens is 116 g/mol. The molecule has 0 spiro atoms. The molecule has 1 radical (unpaired) electrons. The quantitative estimate of drug-likeness (QED) is 0.571. The second-order valence-corrected chi connectivity index (χ2v) is 1.87. The molecule has 0 atom stereocenters. The number of aromatic nitrogens is 2. The third-order valence-corrected chi connectivity index (χ3v) is 1.26. The van der Waals surface area contributed by atoms with E-state index < -0.39 is 0 Å². The second kappa shape index (κ2) is 2.64. The Hall–Kier alpha value is -0.830. The summed E-state index contributed by atoms with van der Waals surface area (Å²) < 4.78 is 1.84. The Balaban J connectivity index is 2.69. The fourth-order valence-electron chi connectivity index (χ4n) is 0.738. The average molecular weight is 125 g/mol. The molecule has 0 saturated heterocycles. The van der Waals surface area contributed by atoms with E-state index in [1.807, 2.05) is 17.7 Å². The van der Waals surface area contributed by atoms with E-state index in [0.29, 0.717) is 6.54 Å². The lowest BCUT2D eigenvalue weighted by Gasteiger charge is -1.97. The van der Waals surface area contributed by atoms with Gasteiger partial charge < -0.3 is 4.57 Å². The zero-order valence-electron chi connectivity index (χ0n) is 5.37. The molecule has 1 rings (SSSR count). The first-order valence-electron chi connectivity index (χ1n) is 2.90. The van der Waals surface area contributed by atoms with E-state index >= 15 is 0 Å².